The van der Waals surface area contributed by atoms with E-state index in [0.717, 1.165) is 31.6 Å². The molecule has 0 radical (unpaired) electrons. The van der Waals surface area contributed by atoms with E-state index in [-0.39, 0.29) is 6.04 Å². The number of carbonyl (C=O) groups is 1. The highest BCUT2D eigenvalue weighted by atomic mass is 16.5. The van der Waals surface area contributed by atoms with E-state index in [1.807, 2.05) is 30.3 Å². The van der Waals surface area contributed by atoms with Gasteiger partial charge in [-0.05, 0) is 12.0 Å². The van der Waals surface area contributed by atoms with Gasteiger partial charge in [0.05, 0.1) is 32.5 Å². The number of carboxylic acid groups (broad SMARTS) is 1. The third kappa shape index (κ3) is 6.99. The zero-order chi connectivity index (χ0) is 17.9. The lowest BCUT2D eigenvalue weighted by molar-refractivity contribution is 0.0244. The van der Waals surface area contributed by atoms with Gasteiger partial charge < -0.3 is 25.2 Å². The molecule has 1 amide bonds. The minimum atomic E-state index is -0.839. The van der Waals surface area contributed by atoms with Crippen LogP contribution in [0.25, 0.3) is 0 Å². The zero-order valence-corrected chi connectivity index (χ0v) is 14.7. The van der Waals surface area contributed by atoms with E-state index in [1.54, 1.807) is 4.90 Å². The molecule has 1 aromatic rings. The number of amides is 1. The van der Waals surface area contributed by atoms with E-state index >= 15 is 0 Å². The van der Waals surface area contributed by atoms with Gasteiger partial charge in [0, 0.05) is 32.7 Å². The molecule has 25 heavy (non-hydrogen) atoms. The summed E-state index contributed by atoms with van der Waals surface area (Å²) in [6.45, 7) is 5.62. The molecule has 0 saturated carbocycles. The van der Waals surface area contributed by atoms with E-state index in [2.05, 4.69) is 4.90 Å². The highest BCUT2D eigenvalue weighted by molar-refractivity contribution is 5.65. The largest absolute Gasteiger partial charge is 0.465 e. The summed E-state index contributed by atoms with van der Waals surface area (Å²) < 4.78 is 10.8. The molecule has 1 aromatic carbocycles. The van der Waals surface area contributed by atoms with E-state index in [9.17, 15) is 9.90 Å². The molecule has 7 heteroatoms. The maximum atomic E-state index is 11.5. The summed E-state index contributed by atoms with van der Waals surface area (Å²) >= 11 is 0. The normalized spacial score (nSPS) is 18.4. The summed E-state index contributed by atoms with van der Waals surface area (Å²) in [6, 6.07) is 10.0. The molecule has 7 nitrogen and oxygen atoms in total. The third-order valence-electron chi connectivity index (χ3n) is 4.31. The molecule has 0 spiro atoms. The second-order valence-electron chi connectivity index (χ2n) is 6.13. The Labute approximate surface area is 149 Å². The number of nitrogens with two attached hydrogens (primary N) is 1. The summed E-state index contributed by atoms with van der Waals surface area (Å²) in [6.07, 6.45) is -0.105. The SMILES string of the molecule is NCCOCCOCCN1CCN(C(=O)O)C(Cc2ccccc2)C1. The molecule has 140 valence electrons. The number of hydrogen-bond donors (Lipinski definition) is 2. The standard InChI is InChI=1S/C18H29N3O4/c19-6-10-24-12-13-25-11-9-20-7-8-21(18(22)23)17(15-20)14-16-4-2-1-3-5-16/h1-5,17H,6-15,19H2,(H,22,23). The van der Waals surface area contributed by atoms with E-state index in [0.29, 0.717) is 39.5 Å². The fourth-order valence-corrected chi connectivity index (χ4v) is 3.03. The Hall–Kier alpha value is -1.67. The number of piperazine rings is 1. The van der Waals surface area contributed by atoms with Crippen molar-refractivity contribution < 1.29 is 19.4 Å². The molecule has 2 rings (SSSR count). The molecule has 1 atom stereocenters. The van der Waals surface area contributed by atoms with Crippen molar-refractivity contribution in [2.24, 2.45) is 5.73 Å². The lowest BCUT2D eigenvalue weighted by atomic mass is 10.0. The Morgan fingerprint density at radius 1 is 1.12 bits per heavy atom. The van der Waals surface area contributed by atoms with Gasteiger partial charge in [-0.25, -0.2) is 4.79 Å². The van der Waals surface area contributed by atoms with E-state index < -0.39 is 6.09 Å². The first-order valence-corrected chi connectivity index (χ1v) is 8.82. The highest BCUT2D eigenvalue weighted by Gasteiger charge is 2.30. The van der Waals surface area contributed by atoms with Crippen LogP contribution in [0.4, 0.5) is 4.79 Å². The van der Waals surface area contributed by atoms with Crippen molar-refractivity contribution in [3.63, 3.8) is 0 Å². The Morgan fingerprint density at radius 2 is 1.84 bits per heavy atom. The topological polar surface area (TPSA) is 88.3 Å². The predicted molar refractivity (Wildman–Crippen MR) is 95.8 cm³/mol. The van der Waals surface area contributed by atoms with Crippen LogP contribution in [0.2, 0.25) is 0 Å². The third-order valence-corrected chi connectivity index (χ3v) is 4.31. The molecule has 1 saturated heterocycles. The summed E-state index contributed by atoms with van der Waals surface area (Å²) in [4.78, 5) is 15.3. The van der Waals surface area contributed by atoms with Crippen LogP contribution in [-0.4, -0.2) is 86.2 Å². The molecule has 1 fully saturated rings. The minimum Gasteiger partial charge on any atom is -0.465 e. The molecule has 0 bridgehead atoms. The first-order valence-electron chi connectivity index (χ1n) is 8.82. The molecule has 1 aliphatic rings. The summed E-state index contributed by atoms with van der Waals surface area (Å²) in [7, 11) is 0. The lowest BCUT2D eigenvalue weighted by Gasteiger charge is -2.40. The van der Waals surface area contributed by atoms with Crippen LogP contribution in [0.1, 0.15) is 5.56 Å². The van der Waals surface area contributed by atoms with Crippen molar-refractivity contribution in [1.82, 2.24) is 9.80 Å². The van der Waals surface area contributed by atoms with Gasteiger partial charge in [-0.15, -0.1) is 0 Å². The van der Waals surface area contributed by atoms with Gasteiger partial charge >= 0.3 is 6.09 Å². The van der Waals surface area contributed by atoms with Crippen molar-refractivity contribution in [1.29, 1.82) is 0 Å². The summed E-state index contributed by atoms with van der Waals surface area (Å²) in [5.74, 6) is 0. The first kappa shape index (κ1) is 19.7. The Balaban J connectivity index is 1.75. The number of ether oxygens (including phenoxy) is 2. The molecule has 1 aliphatic heterocycles. The highest BCUT2D eigenvalue weighted by Crippen LogP contribution is 2.15. The quantitative estimate of drug-likeness (QED) is 0.609. The summed E-state index contributed by atoms with van der Waals surface area (Å²) in [5, 5.41) is 9.45. The van der Waals surface area contributed by atoms with Crippen LogP contribution in [-0.2, 0) is 15.9 Å². The van der Waals surface area contributed by atoms with Gasteiger partial charge in [0.1, 0.15) is 0 Å². The van der Waals surface area contributed by atoms with Crippen molar-refractivity contribution in [3.8, 4) is 0 Å². The fourth-order valence-electron chi connectivity index (χ4n) is 3.03. The van der Waals surface area contributed by atoms with Gasteiger partial charge in [0.15, 0.2) is 0 Å². The van der Waals surface area contributed by atoms with Crippen LogP contribution in [0.3, 0.4) is 0 Å². The molecular formula is C18H29N3O4. The molecule has 1 heterocycles. The monoisotopic (exact) mass is 351 g/mol. The molecular weight excluding hydrogens is 322 g/mol. The van der Waals surface area contributed by atoms with Gasteiger partial charge in [0.25, 0.3) is 0 Å². The van der Waals surface area contributed by atoms with Crippen molar-refractivity contribution in [3.05, 3.63) is 35.9 Å². The van der Waals surface area contributed by atoms with Crippen LogP contribution >= 0.6 is 0 Å². The average molecular weight is 351 g/mol. The Morgan fingerprint density at radius 3 is 2.52 bits per heavy atom. The van der Waals surface area contributed by atoms with E-state index in [1.165, 1.54) is 0 Å². The molecule has 3 N–H and O–H groups in total. The minimum absolute atomic E-state index is 0.0264. The fraction of sp³-hybridized carbons (Fsp3) is 0.611. The van der Waals surface area contributed by atoms with Crippen molar-refractivity contribution in [2.45, 2.75) is 12.5 Å². The summed E-state index contributed by atoms with van der Waals surface area (Å²) in [5.41, 5.74) is 6.51. The van der Waals surface area contributed by atoms with E-state index in [4.69, 9.17) is 15.2 Å². The van der Waals surface area contributed by atoms with Gasteiger partial charge in [-0.3, -0.25) is 4.90 Å². The maximum absolute atomic E-state index is 11.5. The van der Waals surface area contributed by atoms with Crippen LogP contribution in [0.15, 0.2) is 30.3 Å². The van der Waals surface area contributed by atoms with Crippen LogP contribution in [0, 0.1) is 0 Å². The van der Waals surface area contributed by atoms with Gasteiger partial charge in [0.2, 0.25) is 0 Å². The number of nitrogens with zero attached hydrogens (tertiary/aromatic N) is 2. The molecule has 0 aromatic heterocycles. The predicted octanol–water partition coefficient (Wildman–Crippen LogP) is 0.885. The zero-order valence-electron chi connectivity index (χ0n) is 14.7. The van der Waals surface area contributed by atoms with Crippen molar-refractivity contribution >= 4 is 6.09 Å². The molecule has 1 unspecified atom stereocenters. The van der Waals surface area contributed by atoms with Crippen LogP contribution < -0.4 is 5.73 Å². The second kappa shape index (κ2) is 11.0. The lowest BCUT2D eigenvalue weighted by Crippen LogP contribution is -2.56. The Bertz CT molecular complexity index is 500. The van der Waals surface area contributed by atoms with Crippen LogP contribution in [0.5, 0.6) is 0 Å². The smallest absolute Gasteiger partial charge is 0.407 e. The molecule has 0 aliphatic carbocycles. The average Bonchev–Trinajstić information content (AvgIpc) is 2.62. The number of hydrogen-bond acceptors (Lipinski definition) is 5. The van der Waals surface area contributed by atoms with Crippen molar-refractivity contribution in [2.75, 3.05) is 59.2 Å². The number of benzene rings is 1. The van der Waals surface area contributed by atoms with Gasteiger partial charge in [-0.2, -0.15) is 0 Å². The number of rotatable bonds is 10. The Kier molecular flexibility index (Phi) is 8.68. The second-order valence-corrected chi connectivity index (χ2v) is 6.13. The first-order chi connectivity index (χ1) is 12.2. The maximum Gasteiger partial charge on any atom is 0.407 e. The van der Waals surface area contributed by atoms with Gasteiger partial charge in [-0.1, -0.05) is 30.3 Å².